The second-order valence-electron chi connectivity index (χ2n) is 4.85. The van der Waals surface area contributed by atoms with Crippen molar-refractivity contribution in [3.63, 3.8) is 0 Å². The molecular formula is C15H14N2O3S. The number of carbonyl (C=O) groups is 1. The fraction of sp³-hybridized carbons (Fsp3) is 0.200. The molecule has 0 aliphatic carbocycles. The number of rotatable bonds is 3. The number of hydrogen-bond donors (Lipinski definition) is 1. The molecule has 1 amide bonds. The van der Waals surface area contributed by atoms with E-state index >= 15 is 0 Å². The van der Waals surface area contributed by atoms with Gasteiger partial charge in [-0.05, 0) is 37.3 Å². The van der Waals surface area contributed by atoms with Crippen LogP contribution in [0.3, 0.4) is 0 Å². The number of nitrogens with one attached hydrogen (secondary N) is 1. The molecule has 1 fully saturated rings. The number of amides is 1. The fourth-order valence-corrected chi connectivity index (χ4v) is 2.71. The van der Waals surface area contributed by atoms with Gasteiger partial charge in [0.2, 0.25) is 0 Å². The van der Waals surface area contributed by atoms with Crippen molar-refractivity contribution >= 4 is 28.9 Å². The van der Waals surface area contributed by atoms with E-state index in [0.29, 0.717) is 16.8 Å². The summed E-state index contributed by atoms with van der Waals surface area (Å²) >= 11 is 5.30. The molecule has 0 bridgehead atoms. The lowest BCUT2D eigenvalue weighted by Gasteiger charge is -2.19. The number of nitrogens with zero attached hydrogens (tertiary/aromatic N) is 1. The number of anilines is 1. The Morgan fingerprint density at radius 1 is 1.24 bits per heavy atom. The van der Waals surface area contributed by atoms with E-state index < -0.39 is 5.54 Å². The van der Waals surface area contributed by atoms with E-state index in [1.807, 2.05) is 30.3 Å². The number of methoxy groups -OCH3 is 1. The summed E-state index contributed by atoms with van der Waals surface area (Å²) in [5.41, 5.74) is -0.314. The average Bonchev–Trinajstić information content (AvgIpc) is 3.05. The summed E-state index contributed by atoms with van der Waals surface area (Å²) in [5.74, 6) is 0.630. The lowest BCUT2D eigenvalue weighted by molar-refractivity contribution is -0.122. The molecule has 108 valence electrons. The minimum absolute atomic E-state index is 0.185. The molecule has 0 unspecified atom stereocenters. The molecule has 2 aromatic rings. The molecule has 1 aromatic carbocycles. The number of hydrogen-bond acceptors (Lipinski definition) is 4. The Bertz CT molecular complexity index is 698. The molecule has 5 nitrogen and oxygen atoms in total. The molecule has 0 spiro atoms. The maximum Gasteiger partial charge on any atom is 0.284 e. The summed E-state index contributed by atoms with van der Waals surface area (Å²) in [6.45, 7) is 1.74. The molecule has 1 saturated heterocycles. The summed E-state index contributed by atoms with van der Waals surface area (Å²) < 4.78 is 10.6. The first-order chi connectivity index (χ1) is 10.1. The Hall–Kier alpha value is -2.34. The van der Waals surface area contributed by atoms with Gasteiger partial charge < -0.3 is 14.5 Å². The topological polar surface area (TPSA) is 54.7 Å². The predicted molar refractivity (Wildman–Crippen MR) is 82.3 cm³/mol. The minimum Gasteiger partial charge on any atom is -0.468 e. The first kappa shape index (κ1) is 13.6. The Morgan fingerprint density at radius 2 is 1.95 bits per heavy atom. The van der Waals surface area contributed by atoms with Crippen LogP contribution in [-0.2, 0) is 10.3 Å². The number of carbonyl (C=O) groups excluding carboxylic acids is 1. The smallest absolute Gasteiger partial charge is 0.284 e. The number of ether oxygens (including phenoxy) is 1. The highest BCUT2D eigenvalue weighted by Gasteiger charge is 2.50. The summed E-state index contributed by atoms with van der Waals surface area (Å²) in [5, 5.41) is 3.39. The maximum absolute atomic E-state index is 12.8. The van der Waals surface area contributed by atoms with E-state index in [0.717, 1.165) is 5.69 Å². The van der Waals surface area contributed by atoms with Crippen molar-refractivity contribution in [2.45, 2.75) is 12.5 Å². The van der Waals surface area contributed by atoms with Crippen molar-refractivity contribution in [1.82, 2.24) is 5.32 Å². The molecule has 21 heavy (non-hydrogen) atoms. The largest absolute Gasteiger partial charge is 0.468 e. The number of benzene rings is 1. The van der Waals surface area contributed by atoms with Crippen molar-refractivity contribution in [2.24, 2.45) is 0 Å². The predicted octanol–water partition coefficient (Wildman–Crippen LogP) is 2.42. The molecule has 6 heteroatoms. The molecule has 0 saturated carbocycles. The van der Waals surface area contributed by atoms with Crippen molar-refractivity contribution in [1.29, 1.82) is 0 Å². The molecule has 3 rings (SSSR count). The lowest BCUT2D eigenvalue weighted by atomic mass is 9.99. The zero-order valence-electron chi connectivity index (χ0n) is 11.6. The Kier molecular flexibility index (Phi) is 3.17. The zero-order valence-corrected chi connectivity index (χ0v) is 12.4. The molecule has 2 heterocycles. The zero-order chi connectivity index (χ0) is 15.0. The van der Waals surface area contributed by atoms with Gasteiger partial charge in [0.15, 0.2) is 10.7 Å². The van der Waals surface area contributed by atoms with Gasteiger partial charge in [0.25, 0.3) is 11.9 Å². The quantitative estimate of drug-likeness (QED) is 0.883. The van der Waals surface area contributed by atoms with E-state index in [1.165, 1.54) is 12.0 Å². The normalized spacial score (nSPS) is 21.5. The third-order valence-corrected chi connectivity index (χ3v) is 3.77. The Morgan fingerprint density at radius 3 is 2.57 bits per heavy atom. The van der Waals surface area contributed by atoms with Crippen LogP contribution in [-0.4, -0.2) is 18.1 Å². The van der Waals surface area contributed by atoms with Crippen LogP contribution in [0.4, 0.5) is 5.69 Å². The summed E-state index contributed by atoms with van der Waals surface area (Å²) in [6.07, 6.45) is 0. The third kappa shape index (κ3) is 2.08. The number of thiocarbonyl (C=S) groups is 1. The Balaban J connectivity index is 1.99. The van der Waals surface area contributed by atoms with Crippen LogP contribution >= 0.6 is 12.2 Å². The van der Waals surface area contributed by atoms with Crippen molar-refractivity contribution < 1.29 is 13.9 Å². The highest BCUT2D eigenvalue weighted by Crippen LogP contribution is 2.34. The van der Waals surface area contributed by atoms with Gasteiger partial charge in [-0.2, -0.15) is 0 Å². The van der Waals surface area contributed by atoms with Crippen LogP contribution in [0.5, 0.6) is 5.95 Å². The number of furan rings is 1. The number of para-hydroxylation sites is 1. The van der Waals surface area contributed by atoms with E-state index in [1.54, 1.807) is 19.1 Å². The SMILES string of the molecule is COc1ccc([C@]2(C)NC(=S)N(c3ccccc3)C2=O)o1. The van der Waals surface area contributed by atoms with Crippen LogP contribution in [0.25, 0.3) is 0 Å². The van der Waals surface area contributed by atoms with Gasteiger partial charge in [0.1, 0.15) is 5.76 Å². The molecule has 1 atom stereocenters. The van der Waals surface area contributed by atoms with Crippen molar-refractivity contribution in [3.05, 3.63) is 48.2 Å². The van der Waals surface area contributed by atoms with E-state index in [2.05, 4.69) is 5.32 Å². The Labute approximate surface area is 127 Å². The summed E-state index contributed by atoms with van der Waals surface area (Å²) in [7, 11) is 1.51. The van der Waals surface area contributed by atoms with Gasteiger partial charge >= 0.3 is 0 Å². The first-order valence-electron chi connectivity index (χ1n) is 6.42. The van der Waals surface area contributed by atoms with Gasteiger partial charge in [-0.1, -0.05) is 18.2 Å². The highest BCUT2D eigenvalue weighted by molar-refractivity contribution is 7.80. The molecule has 1 N–H and O–H groups in total. The second kappa shape index (κ2) is 4.89. The van der Waals surface area contributed by atoms with Crippen molar-refractivity contribution in [3.8, 4) is 5.95 Å². The van der Waals surface area contributed by atoms with Gasteiger partial charge in [-0.3, -0.25) is 9.69 Å². The monoisotopic (exact) mass is 302 g/mol. The van der Waals surface area contributed by atoms with Crippen LogP contribution < -0.4 is 15.0 Å². The van der Waals surface area contributed by atoms with Crippen LogP contribution in [0.15, 0.2) is 46.9 Å². The van der Waals surface area contributed by atoms with Gasteiger partial charge in [0, 0.05) is 6.07 Å². The van der Waals surface area contributed by atoms with Crippen LogP contribution in [0.1, 0.15) is 12.7 Å². The molecule has 1 aliphatic rings. The van der Waals surface area contributed by atoms with Crippen molar-refractivity contribution in [2.75, 3.05) is 12.0 Å². The van der Waals surface area contributed by atoms with Crippen LogP contribution in [0, 0.1) is 0 Å². The van der Waals surface area contributed by atoms with Gasteiger partial charge in [-0.15, -0.1) is 0 Å². The molecular weight excluding hydrogens is 288 g/mol. The van der Waals surface area contributed by atoms with Gasteiger partial charge in [-0.25, -0.2) is 0 Å². The fourth-order valence-electron chi connectivity index (χ4n) is 2.32. The molecule has 0 radical (unpaired) electrons. The van der Waals surface area contributed by atoms with E-state index in [-0.39, 0.29) is 5.91 Å². The average molecular weight is 302 g/mol. The highest BCUT2D eigenvalue weighted by atomic mass is 32.1. The summed E-state index contributed by atoms with van der Waals surface area (Å²) in [4.78, 5) is 14.3. The van der Waals surface area contributed by atoms with E-state index in [4.69, 9.17) is 21.4 Å². The summed E-state index contributed by atoms with van der Waals surface area (Å²) in [6, 6.07) is 12.6. The van der Waals surface area contributed by atoms with Crippen LogP contribution in [0.2, 0.25) is 0 Å². The molecule has 1 aromatic heterocycles. The first-order valence-corrected chi connectivity index (χ1v) is 6.83. The van der Waals surface area contributed by atoms with E-state index in [9.17, 15) is 4.79 Å². The maximum atomic E-state index is 12.8. The minimum atomic E-state index is -1.04. The second-order valence-corrected chi connectivity index (χ2v) is 5.24. The van der Waals surface area contributed by atoms with Gasteiger partial charge in [0.05, 0.1) is 12.8 Å². The molecule has 1 aliphatic heterocycles. The third-order valence-electron chi connectivity index (χ3n) is 3.48. The lowest BCUT2D eigenvalue weighted by Crippen LogP contribution is -2.40. The standard InChI is InChI=1S/C15H14N2O3S/c1-15(11-8-9-12(19-2)20-11)13(18)17(14(21)16-15)10-6-4-3-5-7-10/h3-9H,1-2H3,(H,16,21)/t15-/m0/s1.